The molecule has 0 unspecified atom stereocenters. The molecule has 0 fully saturated rings. The van der Waals surface area contributed by atoms with E-state index in [0.29, 0.717) is 0 Å². The van der Waals surface area contributed by atoms with Gasteiger partial charge in [-0.05, 0) is 20.4 Å². The largest absolute Gasteiger partial charge is 0.313 e. The fourth-order valence-electron chi connectivity index (χ4n) is 1.68. The van der Waals surface area contributed by atoms with Crippen LogP contribution in [0.15, 0.2) is 11.7 Å². The highest BCUT2D eigenvalue weighted by Gasteiger charge is 2.10. The molecule has 4 nitrogen and oxygen atoms in total. The van der Waals surface area contributed by atoms with Crippen molar-refractivity contribution in [3.05, 3.63) is 28.7 Å². The highest BCUT2D eigenvalue weighted by Crippen LogP contribution is 2.21. The first-order valence-electron chi connectivity index (χ1n) is 5.66. The van der Waals surface area contributed by atoms with Crippen molar-refractivity contribution in [2.24, 2.45) is 0 Å². The fraction of sp³-hybridized carbons (Fsp3) is 0.417. The molecule has 2 aromatic rings. The van der Waals surface area contributed by atoms with E-state index in [-0.39, 0.29) is 0 Å². The number of thiazole rings is 1. The predicted molar refractivity (Wildman–Crippen MR) is 70.0 cm³/mol. The Hall–Kier alpha value is -1.33. The second-order valence-electron chi connectivity index (χ2n) is 3.84. The molecular weight excluding hydrogens is 232 g/mol. The summed E-state index contributed by atoms with van der Waals surface area (Å²) >= 11 is 1.57. The highest BCUT2D eigenvalue weighted by molar-refractivity contribution is 7.13. The van der Waals surface area contributed by atoms with Gasteiger partial charge in [-0.15, -0.1) is 11.3 Å². The smallest absolute Gasteiger partial charge is 0.171 e. The van der Waals surface area contributed by atoms with Crippen LogP contribution in [0.25, 0.3) is 10.7 Å². The van der Waals surface area contributed by atoms with Gasteiger partial charge in [0.1, 0.15) is 0 Å². The van der Waals surface area contributed by atoms with Gasteiger partial charge in [-0.2, -0.15) is 0 Å². The van der Waals surface area contributed by atoms with E-state index >= 15 is 0 Å². The number of hydrogen-bond acceptors (Lipinski definition) is 5. The first-order chi connectivity index (χ1) is 8.22. The standard InChI is InChI=1S/C12H16N4S/c1-4-13-5-10-8(2)15-12(16-9(10)3)11-6-14-7-17-11/h6-7,13H,4-5H2,1-3H3. The average Bonchev–Trinajstić information content (AvgIpc) is 2.81. The molecule has 0 saturated heterocycles. The minimum absolute atomic E-state index is 0.780. The van der Waals surface area contributed by atoms with Crippen LogP contribution in [0, 0.1) is 13.8 Å². The van der Waals surface area contributed by atoms with E-state index in [1.807, 2.05) is 20.0 Å². The lowest BCUT2D eigenvalue weighted by Crippen LogP contribution is -2.15. The van der Waals surface area contributed by atoms with Crippen LogP contribution in [0.3, 0.4) is 0 Å². The van der Waals surface area contributed by atoms with Crippen LogP contribution < -0.4 is 5.32 Å². The Balaban J connectivity index is 2.35. The molecular formula is C12H16N4S. The third kappa shape index (κ3) is 2.68. The second-order valence-corrected chi connectivity index (χ2v) is 4.73. The summed E-state index contributed by atoms with van der Waals surface area (Å²) in [6.45, 7) is 7.95. The fourth-order valence-corrected chi connectivity index (χ4v) is 2.24. The van der Waals surface area contributed by atoms with E-state index in [0.717, 1.165) is 35.2 Å². The molecule has 0 aromatic carbocycles. The minimum atomic E-state index is 0.780. The Labute approximate surface area is 105 Å². The van der Waals surface area contributed by atoms with Crippen LogP contribution in [0.5, 0.6) is 0 Å². The lowest BCUT2D eigenvalue weighted by Gasteiger charge is -2.10. The Morgan fingerprint density at radius 1 is 1.24 bits per heavy atom. The highest BCUT2D eigenvalue weighted by atomic mass is 32.1. The number of aryl methyl sites for hydroxylation is 2. The summed E-state index contributed by atoms with van der Waals surface area (Å²) in [4.78, 5) is 14.2. The molecule has 0 atom stereocenters. The molecule has 5 heteroatoms. The zero-order valence-corrected chi connectivity index (χ0v) is 11.1. The summed E-state index contributed by atoms with van der Waals surface area (Å²) in [5.41, 5.74) is 5.08. The van der Waals surface area contributed by atoms with Crippen molar-refractivity contribution in [3.8, 4) is 10.7 Å². The summed E-state index contributed by atoms with van der Waals surface area (Å²) in [5.74, 6) is 0.780. The average molecular weight is 248 g/mol. The molecule has 2 heterocycles. The van der Waals surface area contributed by atoms with Crippen LogP contribution >= 0.6 is 11.3 Å². The Kier molecular flexibility index (Phi) is 3.81. The Morgan fingerprint density at radius 2 is 1.94 bits per heavy atom. The third-order valence-corrected chi connectivity index (χ3v) is 3.39. The van der Waals surface area contributed by atoms with E-state index in [1.54, 1.807) is 16.8 Å². The van der Waals surface area contributed by atoms with E-state index in [2.05, 4.69) is 27.2 Å². The van der Waals surface area contributed by atoms with E-state index in [1.165, 1.54) is 5.56 Å². The van der Waals surface area contributed by atoms with Crippen LogP contribution in [-0.4, -0.2) is 21.5 Å². The monoisotopic (exact) mass is 248 g/mol. The summed E-state index contributed by atoms with van der Waals surface area (Å²) in [7, 11) is 0. The maximum Gasteiger partial charge on any atom is 0.171 e. The summed E-state index contributed by atoms with van der Waals surface area (Å²) < 4.78 is 0. The van der Waals surface area contributed by atoms with Crippen molar-refractivity contribution in [1.29, 1.82) is 0 Å². The van der Waals surface area contributed by atoms with Crippen molar-refractivity contribution < 1.29 is 0 Å². The lowest BCUT2D eigenvalue weighted by molar-refractivity contribution is 0.711. The van der Waals surface area contributed by atoms with Crippen LogP contribution in [0.4, 0.5) is 0 Å². The molecule has 0 amide bonds. The van der Waals surface area contributed by atoms with Gasteiger partial charge in [0, 0.05) is 29.7 Å². The quantitative estimate of drug-likeness (QED) is 0.902. The zero-order chi connectivity index (χ0) is 12.3. The van der Waals surface area contributed by atoms with Gasteiger partial charge in [-0.3, -0.25) is 4.98 Å². The molecule has 0 spiro atoms. The molecule has 0 aliphatic heterocycles. The summed E-state index contributed by atoms with van der Waals surface area (Å²) in [6.07, 6.45) is 1.81. The van der Waals surface area contributed by atoms with Crippen LogP contribution in [-0.2, 0) is 6.54 Å². The molecule has 0 bridgehead atoms. The molecule has 90 valence electrons. The minimum Gasteiger partial charge on any atom is -0.313 e. The first-order valence-corrected chi connectivity index (χ1v) is 6.54. The molecule has 1 N–H and O–H groups in total. The second kappa shape index (κ2) is 5.33. The van der Waals surface area contributed by atoms with Gasteiger partial charge in [0.05, 0.1) is 10.4 Å². The van der Waals surface area contributed by atoms with E-state index < -0.39 is 0 Å². The molecule has 0 aliphatic rings. The number of nitrogens with zero attached hydrogens (tertiary/aromatic N) is 3. The molecule has 0 aliphatic carbocycles. The Bertz CT molecular complexity index is 470. The van der Waals surface area contributed by atoms with Gasteiger partial charge in [0.2, 0.25) is 0 Å². The van der Waals surface area contributed by atoms with E-state index in [9.17, 15) is 0 Å². The van der Waals surface area contributed by atoms with Crippen molar-refractivity contribution in [1.82, 2.24) is 20.3 Å². The van der Waals surface area contributed by atoms with Crippen LogP contribution in [0.2, 0.25) is 0 Å². The number of rotatable bonds is 4. The van der Waals surface area contributed by atoms with Gasteiger partial charge in [-0.25, -0.2) is 9.97 Å². The lowest BCUT2D eigenvalue weighted by atomic mass is 10.1. The maximum atomic E-state index is 4.55. The third-order valence-electron chi connectivity index (χ3n) is 2.63. The Morgan fingerprint density at radius 3 is 2.47 bits per heavy atom. The van der Waals surface area contributed by atoms with Crippen molar-refractivity contribution >= 4 is 11.3 Å². The molecule has 2 rings (SSSR count). The van der Waals surface area contributed by atoms with Crippen LogP contribution in [0.1, 0.15) is 23.9 Å². The molecule has 17 heavy (non-hydrogen) atoms. The maximum absolute atomic E-state index is 4.55. The molecule has 0 radical (unpaired) electrons. The number of nitrogens with one attached hydrogen (secondary N) is 1. The van der Waals surface area contributed by atoms with Gasteiger partial charge in [0.15, 0.2) is 5.82 Å². The van der Waals surface area contributed by atoms with Gasteiger partial charge in [0.25, 0.3) is 0 Å². The number of aromatic nitrogens is 3. The van der Waals surface area contributed by atoms with Crippen molar-refractivity contribution in [2.75, 3.05) is 6.54 Å². The summed E-state index contributed by atoms with van der Waals surface area (Å²) in [6, 6.07) is 0. The van der Waals surface area contributed by atoms with Gasteiger partial charge < -0.3 is 5.32 Å². The normalized spacial score (nSPS) is 10.8. The van der Waals surface area contributed by atoms with Crippen molar-refractivity contribution in [3.63, 3.8) is 0 Å². The topological polar surface area (TPSA) is 50.7 Å². The number of hydrogen-bond donors (Lipinski definition) is 1. The van der Waals surface area contributed by atoms with E-state index in [4.69, 9.17) is 0 Å². The SMILES string of the molecule is CCNCc1c(C)nc(-c2cncs2)nc1C. The van der Waals surface area contributed by atoms with Gasteiger partial charge in [-0.1, -0.05) is 6.92 Å². The van der Waals surface area contributed by atoms with Gasteiger partial charge >= 0.3 is 0 Å². The molecule has 0 saturated carbocycles. The van der Waals surface area contributed by atoms with Crippen molar-refractivity contribution in [2.45, 2.75) is 27.3 Å². The molecule has 2 aromatic heterocycles. The zero-order valence-electron chi connectivity index (χ0n) is 10.3. The summed E-state index contributed by atoms with van der Waals surface area (Å²) in [5, 5.41) is 3.31. The predicted octanol–water partition coefficient (Wildman–Crippen LogP) is 2.33. The first kappa shape index (κ1) is 12.1.